The zero-order chi connectivity index (χ0) is 13.9. The number of nitrogens with one attached hydrogen (secondary N) is 1. The van der Waals surface area contributed by atoms with Gasteiger partial charge >= 0.3 is 0 Å². The Morgan fingerprint density at radius 3 is 2.95 bits per heavy atom. The van der Waals surface area contributed by atoms with E-state index in [2.05, 4.69) is 32.7 Å². The summed E-state index contributed by atoms with van der Waals surface area (Å²) in [7, 11) is 0. The third-order valence-electron chi connectivity index (χ3n) is 3.32. The Morgan fingerprint density at radius 2 is 2.25 bits per heavy atom. The molecule has 0 unspecified atom stereocenters. The van der Waals surface area contributed by atoms with Crippen LogP contribution >= 0.6 is 27.3 Å². The molecule has 3 rings (SSSR count). The number of hydrogen-bond acceptors (Lipinski definition) is 3. The lowest BCUT2D eigenvalue weighted by Gasteiger charge is -2.17. The Hall–Kier alpha value is -1.33. The van der Waals surface area contributed by atoms with Crippen LogP contribution in [-0.2, 0) is 11.3 Å². The molecule has 0 saturated carbocycles. The van der Waals surface area contributed by atoms with Crippen LogP contribution < -0.4 is 10.2 Å². The molecule has 0 atom stereocenters. The Labute approximate surface area is 130 Å². The number of anilines is 2. The van der Waals surface area contributed by atoms with Crippen molar-refractivity contribution in [2.45, 2.75) is 19.4 Å². The molecular formula is C15H15BrN2OS. The second-order valence-electron chi connectivity index (χ2n) is 4.78. The topological polar surface area (TPSA) is 32.3 Å². The number of rotatable bonds is 4. The molecule has 0 bridgehead atoms. The van der Waals surface area contributed by atoms with Gasteiger partial charge in [-0.1, -0.05) is 6.07 Å². The minimum absolute atomic E-state index is 0.226. The number of carbonyl (C=O) groups excluding carboxylic acids is 1. The van der Waals surface area contributed by atoms with Crippen molar-refractivity contribution in [3.63, 3.8) is 0 Å². The lowest BCUT2D eigenvalue weighted by Crippen LogP contribution is -2.23. The van der Waals surface area contributed by atoms with Crippen molar-refractivity contribution in [1.29, 1.82) is 0 Å². The SMILES string of the molecule is O=C1CCCN1c1cccc(NCc2cc(Br)cs2)c1. The predicted molar refractivity (Wildman–Crippen MR) is 87.4 cm³/mol. The molecule has 1 fully saturated rings. The molecule has 1 saturated heterocycles. The zero-order valence-corrected chi connectivity index (χ0v) is 13.3. The van der Waals surface area contributed by atoms with E-state index < -0.39 is 0 Å². The van der Waals surface area contributed by atoms with Crippen LogP contribution in [0.5, 0.6) is 0 Å². The molecule has 104 valence electrons. The molecule has 5 heteroatoms. The van der Waals surface area contributed by atoms with Gasteiger partial charge in [0.05, 0.1) is 0 Å². The van der Waals surface area contributed by atoms with Crippen molar-refractivity contribution in [3.05, 3.63) is 45.1 Å². The van der Waals surface area contributed by atoms with Gasteiger partial charge in [0.25, 0.3) is 0 Å². The molecule has 1 amide bonds. The maximum Gasteiger partial charge on any atom is 0.227 e. The number of amides is 1. The van der Waals surface area contributed by atoms with Crippen LogP contribution in [0.25, 0.3) is 0 Å². The van der Waals surface area contributed by atoms with Crippen LogP contribution in [0.1, 0.15) is 17.7 Å². The molecule has 1 aromatic heterocycles. The van der Waals surface area contributed by atoms with Crippen molar-refractivity contribution in [2.24, 2.45) is 0 Å². The van der Waals surface area contributed by atoms with E-state index in [9.17, 15) is 4.79 Å². The van der Waals surface area contributed by atoms with Gasteiger partial charge in [-0.15, -0.1) is 11.3 Å². The fraction of sp³-hybridized carbons (Fsp3) is 0.267. The molecule has 1 aliphatic heterocycles. The maximum absolute atomic E-state index is 11.8. The first-order valence-corrected chi connectivity index (χ1v) is 8.27. The highest BCUT2D eigenvalue weighted by atomic mass is 79.9. The minimum Gasteiger partial charge on any atom is -0.380 e. The van der Waals surface area contributed by atoms with E-state index in [-0.39, 0.29) is 5.91 Å². The van der Waals surface area contributed by atoms with Gasteiger partial charge < -0.3 is 10.2 Å². The van der Waals surface area contributed by atoms with E-state index in [1.165, 1.54) is 4.88 Å². The van der Waals surface area contributed by atoms with Gasteiger partial charge in [-0.25, -0.2) is 0 Å². The third-order valence-corrected chi connectivity index (χ3v) is 5.02. The molecule has 2 aromatic rings. The van der Waals surface area contributed by atoms with Crippen molar-refractivity contribution in [2.75, 3.05) is 16.8 Å². The maximum atomic E-state index is 11.8. The quantitative estimate of drug-likeness (QED) is 0.893. The number of nitrogens with zero attached hydrogens (tertiary/aromatic N) is 1. The molecule has 20 heavy (non-hydrogen) atoms. The van der Waals surface area contributed by atoms with Gasteiger partial charge in [0, 0.05) is 45.6 Å². The normalized spacial score (nSPS) is 14.8. The van der Waals surface area contributed by atoms with Gasteiger partial charge in [-0.3, -0.25) is 4.79 Å². The molecule has 1 aliphatic rings. The van der Waals surface area contributed by atoms with Gasteiger partial charge in [0.15, 0.2) is 0 Å². The summed E-state index contributed by atoms with van der Waals surface area (Å²) in [5, 5.41) is 5.48. The van der Waals surface area contributed by atoms with Crippen LogP contribution in [-0.4, -0.2) is 12.5 Å². The molecule has 1 N–H and O–H groups in total. The summed E-state index contributed by atoms with van der Waals surface area (Å²) in [6.07, 6.45) is 1.63. The van der Waals surface area contributed by atoms with E-state index in [0.717, 1.165) is 35.4 Å². The highest BCUT2D eigenvalue weighted by molar-refractivity contribution is 9.10. The number of hydrogen-bond donors (Lipinski definition) is 1. The standard InChI is InChI=1S/C15H15BrN2OS/c16-11-7-14(20-10-11)9-17-12-3-1-4-13(8-12)18-6-2-5-15(18)19/h1,3-4,7-8,10,17H,2,5-6,9H2. The summed E-state index contributed by atoms with van der Waals surface area (Å²) in [5.41, 5.74) is 2.04. The summed E-state index contributed by atoms with van der Waals surface area (Å²) in [6.45, 7) is 1.63. The minimum atomic E-state index is 0.226. The second-order valence-corrected chi connectivity index (χ2v) is 6.70. The van der Waals surface area contributed by atoms with Gasteiger partial charge in [-0.2, -0.15) is 0 Å². The summed E-state index contributed by atoms with van der Waals surface area (Å²) in [5.74, 6) is 0.226. The van der Waals surface area contributed by atoms with Crippen LogP contribution in [0.4, 0.5) is 11.4 Å². The predicted octanol–water partition coefficient (Wildman–Crippen LogP) is 4.25. The number of halogens is 1. The zero-order valence-electron chi connectivity index (χ0n) is 10.9. The van der Waals surface area contributed by atoms with E-state index in [1.54, 1.807) is 11.3 Å². The monoisotopic (exact) mass is 350 g/mol. The van der Waals surface area contributed by atoms with Crippen molar-refractivity contribution in [1.82, 2.24) is 0 Å². The third kappa shape index (κ3) is 3.04. The van der Waals surface area contributed by atoms with E-state index in [1.807, 2.05) is 29.2 Å². The number of benzene rings is 1. The first-order valence-electron chi connectivity index (χ1n) is 6.59. The average molecular weight is 351 g/mol. The molecule has 1 aromatic carbocycles. The largest absolute Gasteiger partial charge is 0.380 e. The summed E-state index contributed by atoms with van der Waals surface area (Å²) in [6, 6.07) is 10.2. The van der Waals surface area contributed by atoms with Gasteiger partial charge in [0.2, 0.25) is 5.91 Å². The van der Waals surface area contributed by atoms with Crippen molar-refractivity contribution in [3.8, 4) is 0 Å². The highest BCUT2D eigenvalue weighted by Gasteiger charge is 2.21. The second kappa shape index (κ2) is 5.97. The molecule has 0 spiro atoms. The fourth-order valence-electron chi connectivity index (χ4n) is 2.34. The summed E-state index contributed by atoms with van der Waals surface area (Å²) in [4.78, 5) is 14.9. The Balaban J connectivity index is 1.69. The van der Waals surface area contributed by atoms with Crippen molar-refractivity contribution >= 4 is 44.5 Å². The fourth-order valence-corrected chi connectivity index (χ4v) is 3.73. The number of thiophene rings is 1. The Bertz CT molecular complexity index is 626. The molecule has 3 nitrogen and oxygen atoms in total. The van der Waals surface area contributed by atoms with Crippen molar-refractivity contribution < 1.29 is 4.79 Å². The molecule has 0 radical (unpaired) electrons. The van der Waals surface area contributed by atoms with E-state index >= 15 is 0 Å². The van der Waals surface area contributed by atoms with Crippen LogP contribution in [0.2, 0.25) is 0 Å². The molecular weight excluding hydrogens is 336 g/mol. The van der Waals surface area contributed by atoms with E-state index in [0.29, 0.717) is 6.42 Å². The Kier molecular flexibility index (Phi) is 4.08. The molecule has 0 aliphatic carbocycles. The highest BCUT2D eigenvalue weighted by Crippen LogP contribution is 2.25. The molecule has 2 heterocycles. The summed E-state index contributed by atoms with van der Waals surface area (Å²) >= 11 is 5.18. The average Bonchev–Trinajstić information content (AvgIpc) is 3.05. The van der Waals surface area contributed by atoms with Gasteiger partial charge in [0.1, 0.15) is 0 Å². The number of carbonyl (C=O) groups is 1. The lowest BCUT2D eigenvalue weighted by molar-refractivity contribution is -0.117. The lowest BCUT2D eigenvalue weighted by atomic mass is 10.2. The first-order chi connectivity index (χ1) is 9.72. The smallest absolute Gasteiger partial charge is 0.227 e. The first kappa shape index (κ1) is 13.6. The van der Waals surface area contributed by atoms with Gasteiger partial charge in [-0.05, 0) is 46.6 Å². The summed E-state index contributed by atoms with van der Waals surface area (Å²) < 4.78 is 1.12. The van der Waals surface area contributed by atoms with E-state index in [4.69, 9.17) is 0 Å². The van der Waals surface area contributed by atoms with Crippen LogP contribution in [0.15, 0.2) is 40.2 Å². The van der Waals surface area contributed by atoms with Crippen LogP contribution in [0, 0.1) is 0 Å². The van der Waals surface area contributed by atoms with Crippen LogP contribution in [0.3, 0.4) is 0 Å². The Morgan fingerprint density at radius 1 is 1.35 bits per heavy atom.